The molecule has 0 saturated heterocycles. The van der Waals surface area contributed by atoms with E-state index in [0.717, 1.165) is 129 Å². The second-order valence-electron chi connectivity index (χ2n) is 20.7. The summed E-state index contributed by atoms with van der Waals surface area (Å²) in [6.07, 6.45) is 13.7. The molecule has 65 heavy (non-hydrogen) atoms. The number of fused-ring (bicyclic) bond motifs is 2. The molecule has 0 spiro atoms. The predicted molar refractivity (Wildman–Crippen MR) is 261 cm³/mol. The number of hydrogen-bond donors (Lipinski definition) is 3. The van der Waals surface area contributed by atoms with E-state index in [1.807, 2.05) is 36.4 Å². The van der Waals surface area contributed by atoms with Gasteiger partial charge in [0.2, 0.25) is 5.69 Å². The molecule has 0 radical (unpaired) electrons. The molecule has 3 aliphatic rings. The Morgan fingerprint density at radius 1 is 0.785 bits per heavy atom. The molecule has 350 valence electrons. The molecular formula is C50H69N7O6S2+2. The van der Waals surface area contributed by atoms with Crippen LogP contribution in [0.15, 0.2) is 122 Å². The Labute approximate surface area is 387 Å². The molecule has 0 aromatic heterocycles. The van der Waals surface area contributed by atoms with Crippen molar-refractivity contribution in [1.82, 2.24) is 0 Å². The van der Waals surface area contributed by atoms with E-state index in [4.69, 9.17) is 5.53 Å². The van der Waals surface area contributed by atoms with Gasteiger partial charge >= 0.3 is 0 Å². The summed E-state index contributed by atoms with van der Waals surface area (Å²) in [5, 5.41) is 7.08. The lowest BCUT2D eigenvalue weighted by molar-refractivity contribution is -0.871. The van der Waals surface area contributed by atoms with Gasteiger partial charge in [-0.1, -0.05) is 38.1 Å². The minimum Gasteiger partial charge on any atom is -0.712 e. The van der Waals surface area contributed by atoms with Crippen LogP contribution in [-0.2, 0) is 37.5 Å². The van der Waals surface area contributed by atoms with E-state index in [1.165, 1.54) is 12.1 Å². The Morgan fingerprint density at radius 2 is 1.40 bits per heavy atom. The Kier molecular flexibility index (Phi) is 14.4. The van der Waals surface area contributed by atoms with Gasteiger partial charge in [-0.3, -0.25) is 9.11 Å². The molecule has 0 amide bonds. The first-order valence-electron chi connectivity index (χ1n) is 22.5. The van der Waals surface area contributed by atoms with Crippen LogP contribution in [0.1, 0.15) is 76.5 Å². The highest BCUT2D eigenvalue weighted by Crippen LogP contribution is 2.49. The summed E-state index contributed by atoms with van der Waals surface area (Å²) in [6, 6.07) is 17.9. The Morgan fingerprint density at radius 3 is 2.02 bits per heavy atom. The quantitative estimate of drug-likeness (QED) is 0.0493. The van der Waals surface area contributed by atoms with Crippen molar-refractivity contribution in [3.05, 3.63) is 130 Å². The first kappa shape index (κ1) is 49.7. The molecule has 2 heterocycles. The molecule has 2 aliphatic heterocycles. The predicted octanol–water partition coefficient (Wildman–Crippen LogP) is 9.03. The number of anilines is 2. The van der Waals surface area contributed by atoms with Crippen molar-refractivity contribution in [3.8, 4) is 0 Å². The Bertz CT molecular complexity index is 2700. The second kappa shape index (κ2) is 18.8. The molecule has 0 unspecified atom stereocenters. The van der Waals surface area contributed by atoms with Gasteiger partial charge in [-0.15, -0.1) is 0 Å². The fraction of sp³-hybridized carbons (Fsp3) is 0.460. The zero-order chi connectivity index (χ0) is 47.8. The Hall–Kier alpha value is -4.77. The highest BCUT2D eigenvalue weighted by atomic mass is 32.2. The molecule has 15 heteroatoms. The van der Waals surface area contributed by atoms with Crippen LogP contribution >= 0.6 is 0 Å². The zero-order valence-electron chi connectivity index (χ0n) is 39.9. The van der Waals surface area contributed by atoms with Crippen molar-refractivity contribution in [2.24, 2.45) is 5.11 Å². The van der Waals surface area contributed by atoms with E-state index in [-0.39, 0.29) is 9.79 Å². The summed E-state index contributed by atoms with van der Waals surface area (Å²) in [7, 11) is 4.20. The summed E-state index contributed by atoms with van der Waals surface area (Å²) < 4.78 is 73.3. The van der Waals surface area contributed by atoms with Crippen molar-refractivity contribution in [3.63, 3.8) is 0 Å². The highest BCUT2D eigenvalue weighted by molar-refractivity contribution is 7.86. The van der Waals surface area contributed by atoms with Crippen LogP contribution in [0.25, 0.3) is 5.53 Å². The molecule has 0 fully saturated rings. The number of hydrogen-bond acceptors (Lipinski definition) is 7. The average molecular weight is 928 g/mol. The molecule has 0 atom stereocenters. The summed E-state index contributed by atoms with van der Waals surface area (Å²) in [4.78, 5) is 2.05. The summed E-state index contributed by atoms with van der Waals surface area (Å²) in [5.74, 6) is 0. The van der Waals surface area contributed by atoms with Crippen LogP contribution in [0, 0.1) is 0 Å². The number of benzene rings is 3. The number of nitrogens with zero attached hydrogens (tertiary/aromatic N) is 6. The standard InChI is InChI=1S/C50H67N7O6S2/c1-49(2)42-34-40(64(58,59)60)22-24-44(42)54(30-12-32-56(5,6)7)46(49)26-18-37-14-11-15-38(48(37)53-39-20-16-36(17-21-39)28-29-52-51)19-27-47-50(3,4)43-35-41(65(61,62)63)23-25-45(43)55(47)31-13-33-57(8,9)10/h16-27,34-35H,11-15,28-33H2,1-10H3,(H-,58,59,60,61,62,63)/p+2/b37-18+,46-26+. The normalized spacial score (nSPS) is 18.9. The van der Waals surface area contributed by atoms with Gasteiger partial charge < -0.3 is 29.8 Å². The van der Waals surface area contributed by atoms with Gasteiger partial charge in [0.05, 0.1) is 77.0 Å². The number of rotatable bonds is 18. The van der Waals surface area contributed by atoms with Gasteiger partial charge in [0, 0.05) is 65.4 Å². The van der Waals surface area contributed by atoms with Crippen LogP contribution in [0.3, 0.4) is 0 Å². The van der Waals surface area contributed by atoms with Crippen molar-refractivity contribution >= 4 is 43.0 Å². The van der Waals surface area contributed by atoms with Crippen molar-refractivity contribution in [2.75, 3.05) is 85.2 Å². The third kappa shape index (κ3) is 11.6. The second-order valence-corrected chi connectivity index (χ2v) is 23.6. The smallest absolute Gasteiger partial charge is 0.294 e. The molecule has 0 saturated carbocycles. The van der Waals surface area contributed by atoms with E-state index < -0.39 is 31.1 Å². The van der Waals surface area contributed by atoms with Gasteiger partial charge in [-0.25, -0.2) is 0 Å². The van der Waals surface area contributed by atoms with E-state index in [2.05, 4.69) is 114 Å². The maximum absolute atomic E-state index is 12.3. The van der Waals surface area contributed by atoms with Gasteiger partial charge in [0.1, 0.15) is 0 Å². The van der Waals surface area contributed by atoms with Crippen LogP contribution in [0.5, 0.6) is 0 Å². The molecule has 13 nitrogen and oxygen atoms in total. The van der Waals surface area contributed by atoms with E-state index in [0.29, 0.717) is 13.0 Å². The highest BCUT2D eigenvalue weighted by Gasteiger charge is 2.45. The molecular weight excluding hydrogens is 859 g/mol. The molecule has 3 aromatic rings. The first-order chi connectivity index (χ1) is 30.2. The number of quaternary nitrogens is 2. The summed E-state index contributed by atoms with van der Waals surface area (Å²) in [5.41, 5.74) is 18.7. The third-order valence-electron chi connectivity index (χ3n) is 12.9. The minimum atomic E-state index is -4.41. The lowest BCUT2D eigenvalue weighted by atomic mass is 9.81. The SMILES string of the molecule is CC1(C)C(/C=C/C2=C(Nc3ccc(CCN=[N-])cc3)C(=C/C=C3/N(CCC[N+](C)(C)C)c4ccc(S(=O)(=O)O)cc4C3(C)C)/CCC2)=[N+](CCC[N+](C)(C)C)c2ccc(S(=O)(=O)O)cc21. The van der Waals surface area contributed by atoms with Gasteiger partial charge in [0.25, 0.3) is 20.2 Å². The van der Waals surface area contributed by atoms with E-state index in [1.54, 1.807) is 12.1 Å². The average Bonchev–Trinajstić information content (AvgIpc) is 3.55. The van der Waals surface area contributed by atoms with Crippen LogP contribution in [-0.4, -0.2) is 120 Å². The first-order valence-corrected chi connectivity index (χ1v) is 25.4. The minimum absolute atomic E-state index is 0.123. The number of allylic oxidation sites excluding steroid dienone is 7. The molecule has 3 N–H and O–H groups in total. The topological polar surface area (TPSA) is 162 Å². The molecule has 6 rings (SSSR count). The van der Waals surface area contributed by atoms with Crippen LogP contribution in [0.4, 0.5) is 17.1 Å². The maximum Gasteiger partial charge on any atom is 0.294 e. The number of nitrogens with one attached hydrogen (secondary N) is 1. The monoisotopic (exact) mass is 927 g/mol. The van der Waals surface area contributed by atoms with Crippen molar-refractivity contribution in [1.29, 1.82) is 0 Å². The Balaban J connectivity index is 1.48. The lowest BCUT2D eigenvalue weighted by Gasteiger charge is -2.29. The lowest BCUT2D eigenvalue weighted by Crippen LogP contribution is -2.37. The van der Waals surface area contributed by atoms with Gasteiger partial charge in [-0.2, -0.15) is 21.4 Å². The summed E-state index contributed by atoms with van der Waals surface area (Å²) in [6.45, 7) is 12.1. The van der Waals surface area contributed by atoms with Crippen LogP contribution < -0.4 is 10.2 Å². The van der Waals surface area contributed by atoms with Crippen molar-refractivity contribution < 1.29 is 39.5 Å². The molecule has 0 bridgehead atoms. The zero-order valence-corrected chi connectivity index (χ0v) is 41.5. The molecule has 1 aliphatic carbocycles. The molecule has 3 aromatic carbocycles. The van der Waals surface area contributed by atoms with Gasteiger partial charge in [0.15, 0.2) is 12.3 Å². The largest absolute Gasteiger partial charge is 0.712 e. The summed E-state index contributed by atoms with van der Waals surface area (Å²) >= 11 is 0. The maximum atomic E-state index is 12.3. The van der Waals surface area contributed by atoms with Crippen LogP contribution in [0.2, 0.25) is 0 Å². The van der Waals surface area contributed by atoms with Crippen molar-refractivity contribution in [2.45, 2.75) is 86.8 Å². The van der Waals surface area contributed by atoms with E-state index >= 15 is 0 Å². The fourth-order valence-electron chi connectivity index (χ4n) is 9.37. The fourth-order valence-corrected chi connectivity index (χ4v) is 10.4. The van der Waals surface area contributed by atoms with E-state index in [9.17, 15) is 25.9 Å². The van der Waals surface area contributed by atoms with Gasteiger partial charge in [-0.05, 0) is 110 Å². The third-order valence-corrected chi connectivity index (χ3v) is 14.6.